The fraction of sp³-hybridized carbons (Fsp3) is 0.0870. The average Bonchev–Trinajstić information content (AvgIpc) is 3.00. The Hall–Kier alpha value is -4.09. The molecular weight excluding hydrogens is 348 g/mol. The van der Waals surface area contributed by atoms with E-state index in [1.807, 2.05) is 60.7 Å². The minimum atomic E-state index is -0.165. The normalized spacial score (nSPS) is 10.5. The van der Waals surface area contributed by atoms with Crippen molar-refractivity contribution in [3.8, 4) is 12.1 Å². The van der Waals surface area contributed by atoms with Crippen molar-refractivity contribution in [3.05, 3.63) is 106 Å². The molecule has 0 unspecified atom stereocenters. The highest BCUT2D eigenvalue weighted by atomic mass is 16.1. The van der Waals surface area contributed by atoms with Crippen LogP contribution in [0.1, 0.15) is 22.3 Å². The number of nitriles is 2. The van der Waals surface area contributed by atoms with E-state index >= 15 is 0 Å². The zero-order valence-corrected chi connectivity index (χ0v) is 15.0. The van der Waals surface area contributed by atoms with Gasteiger partial charge in [0.15, 0.2) is 0 Å². The fourth-order valence-electron chi connectivity index (χ4n) is 3.45. The van der Waals surface area contributed by atoms with E-state index in [4.69, 9.17) is 0 Å². The Kier molecular flexibility index (Phi) is 4.50. The number of hydrogen-bond acceptors (Lipinski definition) is 3. The Morgan fingerprint density at radius 2 is 1.04 bits per heavy atom. The number of aromatic nitrogens is 2. The van der Waals surface area contributed by atoms with Gasteiger partial charge < -0.3 is 0 Å². The van der Waals surface area contributed by atoms with Crippen LogP contribution in [0.3, 0.4) is 0 Å². The SMILES string of the molecule is N#Cc1ccccc1Cn1c(=O)n(Cc2ccccc2C#N)c2ccccc21. The highest BCUT2D eigenvalue weighted by Gasteiger charge is 2.15. The molecule has 0 atom stereocenters. The summed E-state index contributed by atoms with van der Waals surface area (Å²) in [5, 5.41) is 18.7. The molecular formula is C23H16N4O. The predicted octanol–water partition coefficient (Wildman–Crippen LogP) is 3.64. The Bertz CT molecular complexity index is 1220. The standard InChI is InChI=1S/C23H16N4O/c24-13-17-7-1-3-9-19(17)15-26-21-11-5-6-12-22(21)27(23(26)28)16-20-10-4-2-8-18(20)14-25/h1-12H,15-16H2. The predicted molar refractivity (Wildman–Crippen MR) is 107 cm³/mol. The topological polar surface area (TPSA) is 74.5 Å². The summed E-state index contributed by atoms with van der Waals surface area (Å²) in [5.74, 6) is 0. The molecule has 28 heavy (non-hydrogen) atoms. The highest BCUT2D eigenvalue weighted by Crippen LogP contribution is 2.18. The van der Waals surface area contributed by atoms with Crippen LogP contribution in [-0.4, -0.2) is 9.13 Å². The third-order valence-corrected chi connectivity index (χ3v) is 4.86. The van der Waals surface area contributed by atoms with E-state index in [0.29, 0.717) is 24.2 Å². The molecule has 134 valence electrons. The molecule has 0 N–H and O–H groups in total. The number of benzene rings is 3. The lowest BCUT2D eigenvalue weighted by molar-refractivity contribution is 0.699. The highest BCUT2D eigenvalue weighted by molar-refractivity contribution is 5.76. The van der Waals surface area contributed by atoms with E-state index < -0.39 is 0 Å². The van der Waals surface area contributed by atoms with Crippen molar-refractivity contribution < 1.29 is 0 Å². The third-order valence-electron chi connectivity index (χ3n) is 4.86. The van der Waals surface area contributed by atoms with E-state index in [0.717, 1.165) is 22.2 Å². The molecule has 1 aromatic heterocycles. The van der Waals surface area contributed by atoms with Gasteiger partial charge in [0.05, 0.1) is 47.4 Å². The molecule has 1 heterocycles. The van der Waals surface area contributed by atoms with E-state index in [9.17, 15) is 15.3 Å². The van der Waals surface area contributed by atoms with Gasteiger partial charge in [0.2, 0.25) is 0 Å². The summed E-state index contributed by atoms with van der Waals surface area (Å²) >= 11 is 0. The van der Waals surface area contributed by atoms with Gasteiger partial charge in [-0.2, -0.15) is 10.5 Å². The maximum Gasteiger partial charge on any atom is 0.329 e. The molecule has 0 amide bonds. The van der Waals surface area contributed by atoms with Gasteiger partial charge in [-0.15, -0.1) is 0 Å². The van der Waals surface area contributed by atoms with Crippen LogP contribution < -0.4 is 5.69 Å². The number of fused-ring (bicyclic) bond motifs is 1. The molecule has 0 saturated heterocycles. The van der Waals surface area contributed by atoms with Crippen LogP contribution in [0.25, 0.3) is 11.0 Å². The molecule has 5 nitrogen and oxygen atoms in total. The second kappa shape index (κ2) is 7.26. The summed E-state index contributed by atoms with van der Waals surface area (Å²) in [6.45, 7) is 0.631. The Morgan fingerprint density at radius 1 is 0.643 bits per heavy atom. The Labute approximate surface area is 161 Å². The first-order chi connectivity index (χ1) is 13.7. The Morgan fingerprint density at radius 3 is 1.46 bits per heavy atom. The van der Waals surface area contributed by atoms with E-state index in [1.165, 1.54) is 0 Å². The van der Waals surface area contributed by atoms with Gasteiger partial charge in [-0.05, 0) is 35.4 Å². The fourth-order valence-corrected chi connectivity index (χ4v) is 3.45. The van der Waals surface area contributed by atoms with Gasteiger partial charge in [0.1, 0.15) is 0 Å². The second-order valence-corrected chi connectivity index (χ2v) is 6.48. The van der Waals surface area contributed by atoms with E-state index in [2.05, 4.69) is 12.1 Å². The molecule has 0 aliphatic carbocycles. The number of para-hydroxylation sites is 2. The first kappa shape index (κ1) is 17.3. The van der Waals surface area contributed by atoms with Crippen molar-refractivity contribution in [1.29, 1.82) is 10.5 Å². The van der Waals surface area contributed by atoms with Crippen LogP contribution in [0.4, 0.5) is 0 Å². The Balaban J connectivity index is 1.86. The van der Waals surface area contributed by atoms with Crippen LogP contribution in [0.5, 0.6) is 0 Å². The summed E-state index contributed by atoms with van der Waals surface area (Å²) < 4.78 is 3.36. The quantitative estimate of drug-likeness (QED) is 0.555. The maximum absolute atomic E-state index is 13.3. The molecule has 0 radical (unpaired) electrons. The van der Waals surface area contributed by atoms with Gasteiger partial charge in [-0.25, -0.2) is 4.79 Å². The monoisotopic (exact) mass is 364 g/mol. The van der Waals surface area contributed by atoms with Gasteiger partial charge in [-0.3, -0.25) is 9.13 Å². The van der Waals surface area contributed by atoms with Gasteiger partial charge in [0, 0.05) is 0 Å². The summed E-state index contributed by atoms with van der Waals surface area (Å²) in [6, 6.07) is 26.5. The summed E-state index contributed by atoms with van der Waals surface area (Å²) in [6.07, 6.45) is 0. The van der Waals surface area contributed by atoms with Crippen molar-refractivity contribution in [1.82, 2.24) is 9.13 Å². The molecule has 0 spiro atoms. The number of imidazole rings is 1. The molecule has 0 bridgehead atoms. The number of rotatable bonds is 4. The first-order valence-corrected chi connectivity index (χ1v) is 8.87. The van der Waals surface area contributed by atoms with Crippen LogP contribution >= 0.6 is 0 Å². The van der Waals surface area contributed by atoms with Crippen molar-refractivity contribution in [3.63, 3.8) is 0 Å². The lowest BCUT2D eigenvalue weighted by Crippen LogP contribution is -2.25. The largest absolute Gasteiger partial charge is 0.329 e. The van der Waals surface area contributed by atoms with Crippen molar-refractivity contribution in [2.24, 2.45) is 0 Å². The molecule has 0 aliphatic heterocycles. The second-order valence-electron chi connectivity index (χ2n) is 6.48. The smallest absolute Gasteiger partial charge is 0.287 e. The van der Waals surface area contributed by atoms with Gasteiger partial charge in [-0.1, -0.05) is 48.5 Å². The van der Waals surface area contributed by atoms with Crippen LogP contribution in [0.15, 0.2) is 77.6 Å². The van der Waals surface area contributed by atoms with Crippen molar-refractivity contribution in [2.75, 3.05) is 0 Å². The first-order valence-electron chi connectivity index (χ1n) is 8.87. The molecule has 0 aliphatic rings. The summed E-state index contributed by atoms with van der Waals surface area (Å²) in [7, 11) is 0. The summed E-state index contributed by atoms with van der Waals surface area (Å²) in [4.78, 5) is 13.3. The molecule has 0 saturated carbocycles. The van der Waals surface area contributed by atoms with Crippen LogP contribution in [0, 0.1) is 22.7 Å². The van der Waals surface area contributed by atoms with Gasteiger partial charge in [0.25, 0.3) is 0 Å². The van der Waals surface area contributed by atoms with Crippen LogP contribution in [0.2, 0.25) is 0 Å². The molecule has 0 fully saturated rings. The minimum absolute atomic E-state index is 0.165. The number of nitrogens with zero attached hydrogens (tertiary/aromatic N) is 4. The zero-order valence-electron chi connectivity index (χ0n) is 15.0. The van der Waals surface area contributed by atoms with Crippen molar-refractivity contribution in [2.45, 2.75) is 13.1 Å². The number of hydrogen-bond donors (Lipinski definition) is 0. The van der Waals surface area contributed by atoms with Crippen LogP contribution in [-0.2, 0) is 13.1 Å². The van der Waals surface area contributed by atoms with Gasteiger partial charge >= 0.3 is 5.69 Å². The zero-order chi connectivity index (χ0) is 19.5. The average molecular weight is 364 g/mol. The lowest BCUT2D eigenvalue weighted by Gasteiger charge is -2.06. The maximum atomic E-state index is 13.3. The minimum Gasteiger partial charge on any atom is -0.287 e. The molecule has 4 rings (SSSR count). The lowest BCUT2D eigenvalue weighted by atomic mass is 10.1. The summed E-state index contributed by atoms with van der Waals surface area (Å²) in [5.41, 5.74) is 4.15. The van der Waals surface area contributed by atoms with E-state index in [1.54, 1.807) is 21.3 Å². The van der Waals surface area contributed by atoms with Crippen molar-refractivity contribution >= 4 is 11.0 Å². The molecule has 3 aromatic carbocycles. The molecule has 5 heteroatoms. The third kappa shape index (κ3) is 2.96. The molecule has 4 aromatic rings. The van der Waals surface area contributed by atoms with E-state index in [-0.39, 0.29) is 5.69 Å².